The summed E-state index contributed by atoms with van der Waals surface area (Å²) in [5.41, 5.74) is 0. The van der Waals surface area contributed by atoms with Crippen molar-refractivity contribution in [3.05, 3.63) is 0 Å². The molecule has 0 atom stereocenters. The van der Waals surface area contributed by atoms with Crippen molar-refractivity contribution in [1.82, 2.24) is 0 Å². The van der Waals surface area contributed by atoms with E-state index in [-0.39, 0.29) is 40.4 Å². The van der Waals surface area contributed by atoms with Gasteiger partial charge in [0.1, 0.15) is 0 Å². The average Bonchev–Trinajstić information content (AvgIpc) is 1.00. The van der Waals surface area contributed by atoms with Gasteiger partial charge in [0.05, 0.1) is 0 Å². The van der Waals surface area contributed by atoms with Crippen molar-refractivity contribution in [2.24, 2.45) is 0 Å². The van der Waals surface area contributed by atoms with Crippen molar-refractivity contribution in [2.75, 3.05) is 0 Å². The van der Waals surface area contributed by atoms with E-state index < -0.39 is 0 Å². The topological polar surface area (TPSA) is 0 Å². The molecule has 4 heavy (non-hydrogen) atoms. The molecule has 0 spiro atoms. The Morgan fingerprint density at radius 3 is 1.25 bits per heavy atom. The fourth-order valence-electron chi connectivity index (χ4n) is 0. The Labute approximate surface area is 64.3 Å². The summed E-state index contributed by atoms with van der Waals surface area (Å²) in [4.78, 5) is 0. The van der Waals surface area contributed by atoms with E-state index in [9.17, 15) is 0 Å². The first-order chi connectivity index (χ1) is 1.00. The van der Waals surface area contributed by atoms with Gasteiger partial charge < -0.3 is 0 Å². The lowest BCUT2D eigenvalue weighted by molar-refractivity contribution is 4.75. The molecular weight excluding hydrogens is 106 g/mol. The molecule has 0 radical (unpaired) electrons. The molecule has 0 saturated heterocycles. The molecule has 0 fully saturated rings. The Bertz CT molecular complexity index is 6.00. The normalized spacial score (nSPS) is 2.00. The summed E-state index contributed by atoms with van der Waals surface area (Å²) in [6.07, 6.45) is 0. The number of hydrogen-bond donors (Lipinski definition) is 0. The van der Waals surface area contributed by atoms with Gasteiger partial charge in [-0.3, -0.25) is 0 Å². The second-order valence-corrected chi connectivity index (χ2v) is 0. The van der Waals surface area contributed by atoms with Gasteiger partial charge in [0.2, 0.25) is 0 Å². The monoisotopic (exact) mass is 116 g/mol. The van der Waals surface area contributed by atoms with Crippen molar-refractivity contribution < 1.29 is 0 Å². The van der Waals surface area contributed by atoms with Crippen LogP contribution in [-0.2, 0) is 0 Å². The smallest absolute Gasteiger partial charge is 0.0504 e. The van der Waals surface area contributed by atoms with E-state index in [1.807, 2.05) is 0 Å². The van der Waals surface area contributed by atoms with Gasteiger partial charge in [-0.25, -0.2) is 0 Å². The average molecular weight is 116 g/mol. The van der Waals surface area contributed by atoms with Gasteiger partial charge in [-0.05, 0) is 0 Å². The molecule has 0 rings (SSSR count). The second kappa shape index (κ2) is 19.7. The van der Waals surface area contributed by atoms with Crippen LogP contribution in [0.25, 0.3) is 0 Å². The number of hydrogen-bond acceptors (Lipinski definition) is 0. The zero-order valence-corrected chi connectivity index (χ0v) is 6.00. The standard InChI is InChI=1S/2Al.Mg.H3Si.7H/h;;;1H3;;;;;;;. The van der Waals surface area contributed by atoms with Gasteiger partial charge in [-0.2, -0.15) is 0 Å². The molecule has 0 saturated carbocycles. The molecule has 0 aromatic rings. The zero-order valence-electron chi connectivity index (χ0n) is 2.00. The maximum atomic E-state index is 1.44. The summed E-state index contributed by atoms with van der Waals surface area (Å²) in [7, 11) is 1.44. The second-order valence-electron chi connectivity index (χ2n) is 0. The highest BCUT2D eigenvalue weighted by atomic mass is 28.7. The highest BCUT2D eigenvalue weighted by Crippen LogP contribution is 0.619. The van der Waals surface area contributed by atoms with Crippen LogP contribution < -0.4 is 0 Å². The van der Waals surface area contributed by atoms with Crippen molar-refractivity contribution in [3.8, 4) is 0 Å². The predicted octanol–water partition coefficient (Wildman–Crippen LogP) is -4.20. The molecule has 0 N–H and O–H groups in total. The lowest BCUT2D eigenvalue weighted by atomic mass is 24.3. The summed E-state index contributed by atoms with van der Waals surface area (Å²) in [6, 6.07) is 0. The zero-order chi connectivity index (χ0) is 2.00. The Hall–Kier alpha value is 2.05. The van der Waals surface area contributed by atoms with Gasteiger partial charge in [0, 0.05) is 0 Å². The number of rotatable bonds is 0. The van der Waals surface area contributed by atoms with E-state index in [2.05, 4.69) is 0 Å². The van der Waals surface area contributed by atoms with Gasteiger partial charge in [0.15, 0.2) is 33.0 Å². The molecule has 0 aliphatic heterocycles. The molecule has 0 aromatic heterocycles. The van der Waals surface area contributed by atoms with Crippen LogP contribution in [0.2, 0.25) is 0 Å². The van der Waals surface area contributed by atoms with E-state index in [4.69, 9.17) is 0 Å². The minimum absolute atomic E-state index is 0. The summed E-state index contributed by atoms with van der Waals surface area (Å²) < 4.78 is 0. The fraction of sp³-hybridized carbons (Fsp3) is 0. The molecule has 0 aliphatic rings. The minimum atomic E-state index is 0. The van der Waals surface area contributed by atoms with Crippen molar-refractivity contribution in [3.63, 3.8) is 0 Å². The Morgan fingerprint density at radius 1 is 1.25 bits per heavy atom. The molecule has 0 amide bonds. The SMILES string of the molecule is [AlH2][SiH3].[AlH3].[MgH2]. The summed E-state index contributed by atoms with van der Waals surface area (Å²) in [6.45, 7) is 0. The lowest BCUT2D eigenvalue weighted by Gasteiger charge is -0.936. The van der Waals surface area contributed by atoms with Crippen LogP contribution in [0, 0.1) is 0 Å². The molecule has 0 aromatic carbocycles. The maximum Gasteiger partial charge on any atom is 0.316 e. The quantitative estimate of drug-likeness (QED) is 0.282. The Kier molecular flexibility index (Phi) is 81.8. The van der Waals surface area contributed by atoms with Crippen LogP contribution in [0.5, 0.6) is 0 Å². The van der Waals surface area contributed by atoms with Gasteiger partial charge >= 0.3 is 23.1 Å². The molecule has 0 aliphatic carbocycles. The summed E-state index contributed by atoms with van der Waals surface area (Å²) >= 11 is 1.44. The lowest BCUT2D eigenvalue weighted by Crippen LogP contribution is -1.38. The molecule has 0 heterocycles. The van der Waals surface area contributed by atoms with E-state index in [0.29, 0.717) is 0 Å². The van der Waals surface area contributed by atoms with Gasteiger partial charge in [0.25, 0.3) is 0 Å². The van der Waals surface area contributed by atoms with Crippen molar-refractivity contribution in [2.45, 2.75) is 0 Å². The predicted molar refractivity (Wildman–Crippen MR) is 37.0 cm³/mol. The molecule has 0 unspecified atom stereocenters. The highest BCUT2D eigenvalue weighted by Gasteiger charge is 1.08. The van der Waals surface area contributed by atoms with Crippen LogP contribution in [-0.4, -0.2) is 64.9 Å². The minimum Gasteiger partial charge on any atom is -0.0504 e. The van der Waals surface area contributed by atoms with Gasteiger partial charge in [-0.1, -0.05) is 8.80 Å². The van der Waals surface area contributed by atoms with E-state index >= 15 is 0 Å². The van der Waals surface area contributed by atoms with Crippen molar-refractivity contribution in [1.29, 1.82) is 0 Å². The van der Waals surface area contributed by atoms with E-state index in [1.54, 1.807) is 0 Å². The fourth-order valence-corrected chi connectivity index (χ4v) is 0. The van der Waals surface area contributed by atoms with Crippen LogP contribution in [0.4, 0.5) is 0 Å². The van der Waals surface area contributed by atoms with Crippen LogP contribution in [0.3, 0.4) is 0 Å². The molecule has 0 bridgehead atoms. The van der Waals surface area contributed by atoms with Crippen LogP contribution in [0.1, 0.15) is 0 Å². The third-order valence-corrected chi connectivity index (χ3v) is 0. The van der Waals surface area contributed by atoms with Gasteiger partial charge in [-0.15, -0.1) is 0 Å². The first-order valence-corrected chi connectivity index (χ1v) is 9.00. The maximum absolute atomic E-state index is 1.44. The summed E-state index contributed by atoms with van der Waals surface area (Å²) in [5, 5.41) is 0. The molecular formula is H10Al2MgSi. The summed E-state index contributed by atoms with van der Waals surface area (Å²) in [5.74, 6) is 0. The van der Waals surface area contributed by atoms with Crippen molar-refractivity contribution >= 4 is 64.9 Å². The third-order valence-electron chi connectivity index (χ3n) is 0. The Balaban J connectivity index is -0.00000000500. The van der Waals surface area contributed by atoms with Crippen LogP contribution >= 0.6 is 0 Å². The third kappa shape index (κ3) is 8.97. The highest BCUT2D eigenvalue weighted by molar-refractivity contribution is 6.75. The van der Waals surface area contributed by atoms with Crippen LogP contribution in [0.15, 0.2) is 0 Å². The largest absolute Gasteiger partial charge is 0.316 e. The Morgan fingerprint density at radius 2 is 1.25 bits per heavy atom. The molecule has 22 valence electrons. The van der Waals surface area contributed by atoms with E-state index in [0.717, 1.165) is 0 Å². The first-order valence-electron chi connectivity index (χ1n) is 1.00. The first kappa shape index (κ1) is 16.6. The molecule has 0 nitrogen and oxygen atoms in total. The van der Waals surface area contributed by atoms with E-state index in [1.165, 1.54) is 24.4 Å². The molecule has 4 heteroatoms.